The number of aromatic nitrogens is 1. The molecule has 0 N–H and O–H groups in total. The minimum absolute atomic E-state index is 0.0251. The van der Waals surface area contributed by atoms with Gasteiger partial charge >= 0.3 is 0 Å². The van der Waals surface area contributed by atoms with Gasteiger partial charge in [-0.2, -0.15) is 0 Å². The van der Waals surface area contributed by atoms with Crippen LogP contribution in [-0.4, -0.2) is 48.8 Å². The monoisotopic (exact) mass is 356 g/mol. The molecule has 3 heterocycles. The first-order chi connectivity index (χ1) is 10.5. The SMILES string of the molecule is CN(C(=O)c1csc(-c2cccs2)n1)C1CCS(=O)(=O)CC1. The third kappa shape index (κ3) is 3.23. The minimum Gasteiger partial charge on any atom is -0.337 e. The van der Waals surface area contributed by atoms with Gasteiger partial charge in [0.15, 0.2) is 0 Å². The summed E-state index contributed by atoms with van der Waals surface area (Å²) in [4.78, 5) is 19.6. The summed E-state index contributed by atoms with van der Waals surface area (Å²) in [6.45, 7) is 0. The number of thiazole rings is 1. The molecule has 0 bridgehead atoms. The molecule has 5 nitrogen and oxygen atoms in total. The Kier molecular flexibility index (Phi) is 4.33. The number of nitrogens with zero attached hydrogens (tertiary/aromatic N) is 2. The fourth-order valence-corrected chi connectivity index (χ4v) is 5.57. The summed E-state index contributed by atoms with van der Waals surface area (Å²) >= 11 is 3.05. The van der Waals surface area contributed by atoms with E-state index in [1.54, 1.807) is 28.7 Å². The highest BCUT2D eigenvalue weighted by Crippen LogP contribution is 2.28. The van der Waals surface area contributed by atoms with Crippen LogP contribution in [0.2, 0.25) is 0 Å². The van der Waals surface area contributed by atoms with Crippen LogP contribution >= 0.6 is 22.7 Å². The van der Waals surface area contributed by atoms with Crippen LogP contribution in [0.1, 0.15) is 23.3 Å². The normalized spacial score (nSPS) is 18.2. The topological polar surface area (TPSA) is 67.3 Å². The molecule has 118 valence electrons. The van der Waals surface area contributed by atoms with Crippen molar-refractivity contribution in [1.82, 2.24) is 9.88 Å². The van der Waals surface area contributed by atoms with Crippen LogP contribution in [0.4, 0.5) is 0 Å². The number of carbonyl (C=O) groups is 1. The second-order valence-electron chi connectivity index (χ2n) is 5.31. The molecule has 0 spiro atoms. The lowest BCUT2D eigenvalue weighted by atomic mass is 10.1. The predicted molar refractivity (Wildman–Crippen MR) is 89.2 cm³/mol. The van der Waals surface area contributed by atoms with E-state index in [9.17, 15) is 13.2 Å². The van der Waals surface area contributed by atoms with Crippen LogP contribution in [-0.2, 0) is 9.84 Å². The van der Waals surface area contributed by atoms with E-state index in [2.05, 4.69) is 4.98 Å². The van der Waals surface area contributed by atoms with E-state index >= 15 is 0 Å². The minimum atomic E-state index is -2.92. The summed E-state index contributed by atoms with van der Waals surface area (Å²) in [5.74, 6) is 0.183. The summed E-state index contributed by atoms with van der Waals surface area (Å²) in [6, 6.07) is 3.91. The predicted octanol–water partition coefficient (Wildman–Crippen LogP) is 2.52. The standard InChI is InChI=1S/C14H16N2O3S3/c1-16(10-4-7-22(18,19)8-5-10)14(17)11-9-21-13(15-11)12-3-2-6-20-12/h2-3,6,9-10H,4-5,7-8H2,1H3. The molecule has 0 atom stereocenters. The molecule has 1 saturated heterocycles. The van der Waals surface area contributed by atoms with Crippen molar-refractivity contribution in [2.75, 3.05) is 18.6 Å². The van der Waals surface area contributed by atoms with E-state index in [1.807, 2.05) is 17.5 Å². The van der Waals surface area contributed by atoms with E-state index in [-0.39, 0.29) is 23.5 Å². The van der Waals surface area contributed by atoms with Gasteiger partial charge in [-0.3, -0.25) is 4.79 Å². The Morgan fingerprint density at radius 3 is 2.68 bits per heavy atom. The van der Waals surface area contributed by atoms with E-state index < -0.39 is 9.84 Å². The maximum absolute atomic E-state index is 12.5. The van der Waals surface area contributed by atoms with Crippen molar-refractivity contribution in [3.8, 4) is 9.88 Å². The van der Waals surface area contributed by atoms with Crippen LogP contribution in [0.25, 0.3) is 9.88 Å². The van der Waals surface area contributed by atoms with Gasteiger partial charge in [0.2, 0.25) is 0 Å². The van der Waals surface area contributed by atoms with Crippen LogP contribution < -0.4 is 0 Å². The van der Waals surface area contributed by atoms with Gasteiger partial charge in [0, 0.05) is 18.5 Å². The average Bonchev–Trinajstić information content (AvgIpc) is 3.16. The van der Waals surface area contributed by atoms with Crippen molar-refractivity contribution in [3.05, 3.63) is 28.6 Å². The lowest BCUT2D eigenvalue weighted by Crippen LogP contribution is -2.42. The zero-order valence-electron chi connectivity index (χ0n) is 12.1. The summed E-state index contributed by atoms with van der Waals surface area (Å²) in [5, 5.41) is 4.60. The molecule has 0 unspecified atom stereocenters. The Hall–Kier alpha value is -1.25. The quantitative estimate of drug-likeness (QED) is 0.847. The molecule has 1 amide bonds. The van der Waals surface area contributed by atoms with Crippen molar-refractivity contribution in [3.63, 3.8) is 0 Å². The fourth-order valence-electron chi connectivity index (χ4n) is 2.50. The highest BCUT2D eigenvalue weighted by Gasteiger charge is 2.29. The molecule has 2 aromatic rings. The third-order valence-electron chi connectivity index (χ3n) is 3.85. The van der Waals surface area contributed by atoms with Crippen LogP contribution in [0.5, 0.6) is 0 Å². The van der Waals surface area contributed by atoms with Crippen molar-refractivity contribution in [2.45, 2.75) is 18.9 Å². The second kappa shape index (κ2) is 6.10. The zero-order valence-corrected chi connectivity index (χ0v) is 14.5. The van der Waals surface area contributed by atoms with Crippen LogP contribution in [0.3, 0.4) is 0 Å². The summed E-state index contributed by atoms with van der Waals surface area (Å²) in [6.07, 6.45) is 1.01. The number of amides is 1. The lowest BCUT2D eigenvalue weighted by molar-refractivity contribution is 0.0717. The van der Waals surface area contributed by atoms with Crippen LogP contribution in [0.15, 0.2) is 22.9 Å². The van der Waals surface area contributed by atoms with Gasteiger partial charge in [0.05, 0.1) is 16.4 Å². The summed E-state index contributed by atoms with van der Waals surface area (Å²) < 4.78 is 23.0. The maximum Gasteiger partial charge on any atom is 0.273 e. The zero-order chi connectivity index (χ0) is 15.7. The average molecular weight is 356 g/mol. The smallest absolute Gasteiger partial charge is 0.273 e. The van der Waals surface area contributed by atoms with Crippen molar-refractivity contribution in [1.29, 1.82) is 0 Å². The molecule has 1 aliphatic heterocycles. The first kappa shape index (κ1) is 15.6. The first-order valence-electron chi connectivity index (χ1n) is 6.93. The van der Waals surface area contributed by atoms with Gasteiger partial charge in [0.1, 0.15) is 20.5 Å². The fraction of sp³-hybridized carbons (Fsp3) is 0.429. The van der Waals surface area contributed by atoms with E-state index in [0.29, 0.717) is 18.5 Å². The molecule has 0 aromatic carbocycles. The van der Waals surface area contributed by atoms with E-state index in [1.165, 1.54) is 11.3 Å². The Bertz CT molecular complexity index is 751. The van der Waals surface area contributed by atoms with Gasteiger partial charge in [-0.25, -0.2) is 13.4 Å². The molecule has 1 aliphatic rings. The summed E-state index contributed by atoms with van der Waals surface area (Å²) in [5.41, 5.74) is 0.435. The Morgan fingerprint density at radius 2 is 2.05 bits per heavy atom. The molecule has 0 aliphatic carbocycles. The van der Waals surface area contributed by atoms with E-state index in [0.717, 1.165) is 9.88 Å². The molecular formula is C14H16N2O3S3. The maximum atomic E-state index is 12.5. The van der Waals surface area contributed by atoms with Gasteiger partial charge in [-0.1, -0.05) is 6.07 Å². The largest absolute Gasteiger partial charge is 0.337 e. The molecule has 8 heteroatoms. The Balaban J connectivity index is 1.71. The molecular weight excluding hydrogens is 340 g/mol. The molecule has 0 radical (unpaired) electrons. The molecule has 2 aromatic heterocycles. The Labute approximate surface area is 137 Å². The lowest BCUT2D eigenvalue weighted by Gasteiger charge is -2.30. The Morgan fingerprint density at radius 1 is 1.32 bits per heavy atom. The number of thiophene rings is 1. The van der Waals surface area contributed by atoms with Gasteiger partial charge < -0.3 is 4.90 Å². The van der Waals surface area contributed by atoms with Crippen molar-refractivity contribution in [2.24, 2.45) is 0 Å². The molecule has 1 fully saturated rings. The number of sulfone groups is 1. The van der Waals surface area contributed by atoms with Gasteiger partial charge in [0.25, 0.3) is 5.91 Å². The van der Waals surface area contributed by atoms with Crippen molar-refractivity contribution >= 4 is 38.4 Å². The highest BCUT2D eigenvalue weighted by molar-refractivity contribution is 7.91. The van der Waals surface area contributed by atoms with Gasteiger partial charge in [-0.05, 0) is 24.3 Å². The molecule has 22 heavy (non-hydrogen) atoms. The first-order valence-corrected chi connectivity index (χ1v) is 10.5. The number of hydrogen-bond acceptors (Lipinski definition) is 6. The number of rotatable bonds is 3. The molecule has 0 saturated carbocycles. The van der Waals surface area contributed by atoms with E-state index in [4.69, 9.17) is 0 Å². The highest BCUT2D eigenvalue weighted by atomic mass is 32.2. The third-order valence-corrected chi connectivity index (χ3v) is 7.44. The molecule has 3 rings (SSSR count). The number of hydrogen-bond donors (Lipinski definition) is 0. The van der Waals surface area contributed by atoms with Gasteiger partial charge in [-0.15, -0.1) is 22.7 Å². The summed E-state index contributed by atoms with van der Waals surface area (Å²) in [7, 11) is -1.18. The van der Waals surface area contributed by atoms with Crippen molar-refractivity contribution < 1.29 is 13.2 Å². The second-order valence-corrected chi connectivity index (χ2v) is 9.42. The number of carbonyl (C=O) groups excluding carboxylic acids is 1. The van der Waals surface area contributed by atoms with Crippen LogP contribution in [0, 0.1) is 0 Å².